The molecule has 0 fully saturated rings. The molecule has 0 radical (unpaired) electrons. The van der Waals surface area contributed by atoms with E-state index in [1.165, 1.54) is 18.2 Å². The Morgan fingerprint density at radius 3 is 2.67 bits per heavy atom. The minimum atomic E-state index is -0.547. The zero-order valence-electron chi connectivity index (χ0n) is 13.1. The van der Waals surface area contributed by atoms with E-state index in [0.717, 1.165) is 11.1 Å². The number of carbonyl (C=O) groups excluding carboxylic acids is 1. The second-order valence-electron chi connectivity index (χ2n) is 5.30. The van der Waals surface area contributed by atoms with Crippen molar-refractivity contribution >= 4 is 5.91 Å². The molecule has 1 amide bonds. The molecule has 24 heavy (non-hydrogen) atoms. The Labute approximate surface area is 138 Å². The maximum atomic E-state index is 13.5. The largest absolute Gasteiger partial charge is 0.421 e. The first-order chi connectivity index (χ1) is 11.6. The minimum Gasteiger partial charge on any atom is -0.421 e. The highest BCUT2D eigenvalue weighted by Gasteiger charge is 2.12. The SMILES string of the molecule is Cc1ccccc1-c1nnc(CCNC(=O)c2ccccc2F)o1. The van der Waals surface area contributed by atoms with Crippen molar-refractivity contribution in [3.63, 3.8) is 0 Å². The Bertz CT molecular complexity index is 861. The third-order valence-electron chi connectivity index (χ3n) is 3.59. The molecule has 0 unspecified atom stereocenters. The van der Waals surface area contributed by atoms with E-state index in [1.54, 1.807) is 6.07 Å². The number of aryl methyl sites for hydroxylation is 1. The maximum Gasteiger partial charge on any atom is 0.254 e. The van der Waals surface area contributed by atoms with Gasteiger partial charge in [0.2, 0.25) is 11.8 Å². The van der Waals surface area contributed by atoms with E-state index in [-0.39, 0.29) is 12.1 Å². The van der Waals surface area contributed by atoms with Crippen molar-refractivity contribution in [3.8, 4) is 11.5 Å². The van der Waals surface area contributed by atoms with Crippen molar-refractivity contribution < 1.29 is 13.6 Å². The van der Waals surface area contributed by atoms with E-state index in [2.05, 4.69) is 15.5 Å². The third-order valence-corrected chi connectivity index (χ3v) is 3.59. The Kier molecular flexibility index (Phi) is 4.65. The van der Waals surface area contributed by atoms with Crippen LogP contribution in [0.25, 0.3) is 11.5 Å². The molecule has 3 aromatic rings. The lowest BCUT2D eigenvalue weighted by atomic mass is 10.1. The average molecular weight is 325 g/mol. The molecule has 0 aliphatic heterocycles. The fourth-order valence-corrected chi connectivity index (χ4v) is 2.30. The highest BCUT2D eigenvalue weighted by Crippen LogP contribution is 2.21. The van der Waals surface area contributed by atoms with E-state index in [1.807, 2.05) is 31.2 Å². The Balaban J connectivity index is 1.59. The van der Waals surface area contributed by atoms with Gasteiger partial charge in [0.25, 0.3) is 5.91 Å². The minimum absolute atomic E-state index is 0.0172. The van der Waals surface area contributed by atoms with Gasteiger partial charge in [0.15, 0.2) is 0 Å². The van der Waals surface area contributed by atoms with Gasteiger partial charge in [0.1, 0.15) is 5.82 Å². The summed E-state index contributed by atoms with van der Waals surface area (Å²) in [4.78, 5) is 11.9. The average Bonchev–Trinajstić information content (AvgIpc) is 3.04. The highest BCUT2D eigenvalue weighted by atomic mass is 19.1. The number of hydrogen-bond acceptors (Lipinski definition) is 4. The number of nitrogens with one attached hydrogen (secondary N) is 1. The van der Waals surface area contributed by atoms with E-state index in [9.17, 15) is 9.18 Å². The van der Waals surface area contributed by atoms with Gasteiger partial charge >= 0.3 is 0 Å². The van der Waals surface area contributed by atoms with Crippen LogP contribution in [0.4, 0.5) is 4.39 Å². The van der Waals surface area contributed by atoms with Crippen LogP contribution in [-0.4, -0.2) is 22.6 Å². The molecule has 1 heterocycles. The molecular weight excluding hydrogens is 309 g/mol. The number of amides is 1. The summed E-state index contributed by atoms with van der Waals surface area (Å²) in [6.07, 6.45) is 0.374. The molecule has 6 heteroatoms. The number of halogens is 1. The lowest BCUT2D eigenvalue weighted by Gasteiger charge is -2.04. The van der Waals surface area contributed by atoms with Crippen molar-refractivity contribution in [2.75, 3.05) is 6.54 Å². The van der Waals surface area contributed by atoms with Crippen molar-refractivity contribution in [2.45, 2.75) is 13.3 Å². The monoisotopic (exact) mass is 325 g/mol. The Morgan fingerprint density at radius 1 is 1.12 bits per heavy atom. The predicted molar refractivity (Wildman–Crippen MR) is 86.9 cm³/mol. The first-order valence-corrected chi connectivity index (χ1v) is 7.56. The van der Waals surface area contributed by atoms with Crippen molar-refractivity contribution in [3.05, 3.63) is 71.4 Å². The van der Waals surface area contributed by atoms with Gasteiger partial charge in [0, 0.05) is 18.5 Å². The van der Waals surface area contributed by atoms with Gasteiger partial charge in [-0.15, -0.1) is 10.2 Å². The van der Waals surface area contributed by atoms with Gasteiger partial charge < -0.3 is 9.73 Å². The Hall–Kier alpha value is -3.02. The number of hydrogen-bond donors (Lipinski definition) is 1. The van der Waals surface area contributed by atoms with Crippen LogP contribution in [0.15, 0.2) is 52.9 Å². The summed E-state index contributed by atoms with van der Waals surface area (Å²) in [6, 6.07) is 13.6. The number of rotatable bonds is 5. The summed E-state index contributed by atoms with van der Waals surface area (Å²) in [5.41, 5.74) is 1.94. The van der Waals surface area contributed by atoms with Crippen molar-refractivity contribution in [1.29, 1.82) is 0 Å². The first kappa shape index (κ1) is 15.9. The van der Waals surface area contributed by atoms with Gasteiger partial charge in [-0.2, -0.15) is 0 Å². The molecule has 0 spiro atoms. The van der Waals surface area contributed by atoms with Crippen LogP contribution in [-0.2, 0) is 6.42 Å². The highest BCUT2D eigenvalue weighted by molar-refractivity contribution is 5.94. The summed E-state index contributed by atoms with van der Waals surface area (Å²) < 4.78 is 19.1. The second-order valence-corrected chi connectivity index (χ2v) is 5.30. The lowest BCUT2D eigenvalue weighted by molar-refractivity contribution is 0.0949. The third kappa shape index (κ3) is 3.48. The zero-order chi connectivity index (χ0) is 16.9. The van der Waals surface area contributed by atoms with Crippen LogP contribution in [0, 0.1) is 12.7 Å². The summed E-state index contributed by atoms with van der Waals surface area (Å²) in [5, 5.41) is 10.6. The molecule has 0 aliphatic carbocycles. The molecule has 2 aromatic carbocycles. The van der Waals surface area contributed by atoms with Crippen LogP contribution in [0.2, 0.25) is 0 Å². The van der Waals surface area contributed by atoms with Crippen LogP contribution in [0.5, 0.6) is 0 Å². The normalized spacial score (nSPS) is 10.6. The molecule has 0 bridgehead atoms. The summed E-state index contributed by atoms with van der Waals surface area (Å²) in [7, 11) is 0. The first-order valence-electron chi connectivity index (χ1n) is 7.56. The maximum absolute atomic E-state index is 13.5. The fraction of sp³-hybridized carbons (Fsp3) is 0.167. The molecule has 0 atom stereocenters. The standard InChI is InChI=1S/C18H16FN3O2/c1-12-6-2-3-7-13(12)18-22-21-16(24-18)10-11-20-17(23)14-8-4-5-9-15(14)19/h2-9H,10-11H2,1H3,(H,20,23). The second kappa shape index (κ2) is 7.04. The van der Waals surface area contributed by atoms with Crippen LogP contribution >= 0.6 is 0 Å². The van der Waals surface area contributed by atoms with E-state index >= 15 is 0 Å². The smallest absolute Gasteiger partial charge is 0.254 e. The number of carbonyl (C=O) groups is 1. The van der Waals surface area contributed by atoms with E-state index in [0.29, 0.717) is 18.2 Å². The number of benzene rings is 2. The van der Waals surface area contributed by atoms with Crippen LogP contribution in [0.3, 0.4) is 0 Å². The van der Waals surface area contributed by atoms with E-state index in [4.69, 9.17) is 4.42 Å². The fourth-order valence-electron chi connectivity index (χ4n) is 2.30. The van der Waals surface area contributed by atoms with Gasteiger partial charge in [-0.25, -0.2) is 4.39 Å². The summed E-state index contributed by atoms with van der Waals surface area (Å²) in [6.45, 7) is 2.25. The molecule has 122 valence electrons. The number of aromatic nitrogens is 2. The van der Waals surface area contributed by atoms with Gasteiger partial charge in [0.05, 0.1) is 5.56 Å². The predicted octanol–water partition coefficient (Wildman–Crippen LogP) is 3.16. The summed E-state index contributed by atoms with van der Waals surface area (Å²) in [5.74, 6) is -0.146. The lowest BCUT2D eigenvalue weighted by Crippen LogP contribution is -2.26. The van der Waals surface area contributed by atoms with Crippen molar-refractivity contribution in [1.82, 2.24) is 15.5 Å². The molecule has 0 saturated heterocycles. The quantitative estimate of drug-likeness (QED) is 0.782. The molecule has 1 N–H and O–H groups in total. The molecule has 1 aromatic heterocycles. The van der Waals surface area contributed by atoms with Gasteiger partial charge in [-0.05, 0) is 30.7 Å². The molecule has 0 aliphatic rings. The molecule has 5 nitrogen and oxygen atoms in total. The molecular formula is C18H16FN3O2. The van der Waals surface area contributed by atoms with Crippen molar-refractivity contribution in [2.24, 2.45) is 0 Å². The summed E-state index contributed by atoms with van der Waals surface area (Å²) >= 11 is 0. The van der Waals surface area contributed by atoms with Gasteiger partial charge in [-0.1, -0.05) is 30.3 Å². The van der Waals surface area contributed by atoms with E-state index < -0.39 is 11.7 Å². The van der Waals surface area contributed by atoms with Crippen LogP contribution < -0.4 is 5.32 Å². The van der Waals surface area contributed by atoms with Crippen LogP contribution in [0.1, 0.15) is 21.8 Å². The number of nitrogens with zero attached hydrogens (tertiary/aromatic N) is 2. The Morgan fingerprint density at radius 2 is 1.88 bits per heavy atom. The van der Waals surface area contributed by atoms with Gasteiger partial charge in [-0.3, -0.25) is 4.79 Å². The topological polar surface area (TPSA) is 68.0 Å². The zero-order valence-corrected chi connectivity index (χ0v) is 13.1. The molecule has 3 rings (SSSR count). The molecule has 0 saturated carbocycles.